The first-order chi connectivity index (χ1) is 11.1. The fourth-order valence-electron chi connectivity index (χ4n) is 3.93. The molecule has 1 amide bonds. The van der Waals surface area contributed by atoms with Gasteiger partial charge in [-0.3, -0.25) is 4.79 Å². The van der Waals surface area contributed by atoms with E-state index in [0.717, 1.165) is 51.0 Å². The summed E-state index contributed by atoms with van der Waals surface area (Å²) in [7, 11) is 0. The molecule has 0 bridgehead atoms. The molecule has 0 saturated carbocycles. The maximum absolute atomic E-state index is 13.0. The largest absolute Gasteiger partial charge is 0.333 e. The second kappa shape index (κ2) is 6.97. The van der Waals surface area contributed by atoms with Gasteiger partial charge in [0, 0.05) is 19.1 Å². The molecule has 7 heteroatoms. The van der Waals surface area contributed by atoms with Crippen LogP contribution in [-0.2, 0) is 0 Å². The van der Waals surface area contributed by atoms with E-state index in [9.17, 15) is 4.79 Å². The third-order valence-electron chi connectivity index (χ3n) is 5.40. The van der Waals surface area contributed by atoms with Gasteiger partial charge in [-0.15, -0.1) is 5.10 Å². The maximum Gasteiger partial charge on any atom is 0.276 e. The van der Waals surface area contributed by atoms with Crippen molar-refractivity contribution in [1.82, 2.24) is 25.2 Å². The third kappa shape index (κ3) is 3.12. The number of nitrogens with two attached hydrogens (primary N) is 1. The lowest BCUT2D eigenvalue weighted by Gasteiger charge is -2.39. The molecule has 3 rings (SSSR count). The van der Waals surface area contributed by atoms with Crippen LogP contribution in [0.1, 0.15) is 54.8 Å². The monoisotopic (exact) mass is 320 g/mol. The highest BCUT2D eigenvalue weighted by Gasteiger charge is 2.34. The van der Waals surface area contributed by atoms with Gasteiger partial charge in [-0.2, -0.15) is 0 Å². The molecule has 2 fully saturated rings. The molecule has 2 aliphatic rings. The van der Waals surface area contributed by atoms with Gasteiger partial charge in [0.05, 0.1) is 11.7 Å². The number of nitrogens with zero attached hydrogens (tertiary/aromatic N) is 4. The summed E-state index contributed by atoms with van der Waals surface area (Å²) in [6.07, 6.45) is 4.23. The summed E-state index contributed by atoms with van der Waals surface area (Å²) >= 11 is 0. The Hall–Kier alpha value is -1.47. The van der Waals surface area contributed by atoms with Crippen molar-refractivity contribution in [1.29, 1.82) is 0 Å². The van der Waals surface area contributed by atoms with Crippen molar-refractivity contribution in [2.75, 3.05) is 26.2 Å². The molecule has 2 aliphatic heterocycles. The highest BCUT2D eigenvalue weighted by Crippen LogP contribution is 2.26. The van der Waals surface area contributed by atoms with Crippen molar-refractivity contribution in [3.8, 4) is 0 Å². The lowest BCUT2D eigenvalue weighted by Crippen LogP contribution is -2.51. The predicted molar refractivity (Wildman–Crippen MR) is 88.2 cm³/mol. The van der Waals surface area contributed by atoms with Crippen LogP contribution >= 0.6 is 0 Å². The van der Waals surface area contributed by atoms with Crippen molar-refractivity contribution in [3.05, 3.63) is 11.4 Å². The van der Waals surface area contributed by atoms with Crippen LogP contribution in [0, 0.1) is 12.8 Å². The zero-order valence-electron chi connectivity index (χ0n) is 14.2. The molecule has 0 spiro atoms. The van der Waals surface area contributed by atoms with Crippen LogP contribution in [0.25, 0.3) is 0 Å². The van der Waals surface area contributed by atoms with Crippen molar-refractivity contribution in [2.45, 2.75) is 51.6 Å². The molecular weight excluding hydrogens is 292 g/mol. The van der Waals surface area contributed by atoms with E-state index in [4.69, 9.17) is 5.73 Å². The van der Waals surface area contributed by atoms with Gasteiger partial charge in [0.25, 0.3) is 5.91 Å². The summed E-state index contributed by atoms with van der Waals surface area (Å²) in [4.78, 5) is 14.9. The normalized spacial score (nSPS) is 26.5. The van der Waals surface area contributed by atoms with Gasteiger partial charge < -0.3 is 16.0 Å². The Morgan fingerprint density at radius 2 is 2.09 bits per heavy atom. The summed E-state index contributed by atoms with van der Waals surface area (Å²) in [5.41, 5.74) is 7.30. The maximum atomic E-state index is 13.0. The van der Waals surface area contributed by atoms with Gasteiger partial charge >= 0.3 is 0 Å². The van der Waals surface area contributed by atoms with E-state index in [1.807, 2.05) is 16.5 Å². The first-order valence-corrected chi connectivity index (χ1v) is 8.77. The second-order valence-electron chi connectivity index (χ2n) is 6.87. The second-order valence-corrected chi connectivity index (χ2v) is 6.87. The standard InChI is InChI=1S/C16H28N6O/c1-11-4-3-9-21(14(11)10-17)16(23)15-12(2)22(20-19-15)13-5-7-18-8-6-13/h11,13-14,18H,3-10,17H2,1-2H3/t11-,14-/m0/s1. The Morgan fingerprint density at radius 1 is 1.35 bits per heavy atom. The third-order valence-corrected chi connectivity index (χ3v) is 5.40. The number of rotatable bonds is 3. The zero-order chi connectivity index (χ0) is 16.4. The van der Waals surface area contributed by atoms with Gasteiger partial charge in [0.15, 0.2) is 5.69 Å². The number of aromatic nitrogens is 3. The molecule has 0 aromatic carbocycles. The van der Waals surface area contributed by atoms with Gasteiger partial charge in [0.1, 0.15) is 0 Å². The van der Waals surface area contributed by atoms with E-state index in [-0.39, 0.29) is 11.9 Å². The molecule has 7 nitrogen and oxygen atoms in total. The molecule has 0 unspecified atom stereocenters. The first-order valence-electron chi connectivity index (χ1n) is 8.77. The molecule has 0 radical (unpaired) electrons. The molecule has 0 aliphatic carbocycles. The lowest BCUT2D eigenvalue weighted by molar-refractivity contribution is 0.0525. The minimum absolute atomic E-state index is 0.00955. The lowest BCUT2D eigenvalue weighted by atomic mass is 9.90. The van der Waals surface area contributed by atoms with Crippen LogP contribution < -0.4 is 11.1 Å². The highest BCUT2D eigenvalue weighted by atomic mass is 16.2. The Kier molecular flexibility index (Phi) is 4.96. The number of piperidine rings is 2. The van der Waals surface area contributed by atoms with Crippen molar-refractivity contribution in [3.63, 3.8) is 0 Å². The van der Waals surface area contributed by atoms with E-state index in [1.165, 1.54) is 0 Å². The van der Waals surface area contributed by atoms with Crippen LogP contribution in [0.3, 0.4) is 0 Å². The van der Waals surface area contributed by atoms with Crippen LogP contribution in [-0.4, -0.2) is 58.0 Å². The number of carbonyl (C=O) groups excluding carboxylic acids is 1. The van der Waals surface area contributed by atoms with E-state index in [0.29, 0.717) is 24.2 Å². The molecule has 23 heavy (non-hydrogen) atoms. The minimum Gasteiger partial charge on any atom is -0.333 e. The average Bonchev–Trinajstić information content (AvgIpc) is 2.96. The number of amides is 1. The number of likely N-dealkylation sites (tertiary alicyclic amines) is 1. The van der Waals surface area contributed by atoms with Gasteiger partial charge in [-0.1, -0.05) is 12.1 Å². The van der Waals surface area contributed by atoms with Crippen molar-refractivity contribution in [2.24, 2.45) is 11.7 Å². The summed E-state index contributed by atoms with van der Waals surface area (Å²) in [6, 6.07) is 0.454. The van der Waals surface area contributed by atoms with Crippen LogP contribution in [0.5, 0.6) is 0 Å². The average molecular weight is 320 g/mol. The SMILES string of the molecule is Cc1c(C(=O)N2CCC[C@H](C)[C@@H]2CN)nnn1C1CCNCC1. The van der Waals surface area contributed by atoms with Crippen LogP contribution in [0.15, 0.2) is 0 Å². The van der Waals surface area contributed by atoms with E-state index >= 15 is 0 Å². The van der Waals surface area contributed by atoms with Crippen LogP contribution in [0.4, 0.5) is 0 Å². The highest BCUT2D eigenvalue weighted by molar-refractivity contribution is 5.93. The fourth-order valence-corrected chi connectivity index (χ4v) is 3.93. The Bertz CT molecular complexity index is 551. The quantitative estimate of drug-likeness (QED) is 0.856. The number of hydrogen-bond donors (Lipinski definition) is 2. The van der Waals surface area contributed by atoms with Crippen molar-refractivity contribution >= 4 is 5.91 Å². The van der Waals surface area contributed by atoms with E-state index < -0.39 is 0 Å². The molecule has 3 N–H and O–H groups in total. The molecule has 2 saturated heterocycles. The van der Waals surface area contributed by atoms with Crippen molar-refractivity contribution < 1.29 is 4.79 Å². The molecule has 2 atom stereocenters. The van der Waals surface area contributed by atoms with Gasteiger partial charge in [0.2, 0.25) is 0 Å². The van der Waals surface area contributed by atoms with Gasteiger partial charge in [-0.05, 0) is 51.6 Å². The minimum atomic E-state index is -0.00955. The molecular formula is C16H28N6O. The van der Waals surface area contributed by atoms with Gasteiger partial charge in [-0.25, -0.2) is 4.68 Å². The molecule has 128 valence electrons. The first kappa shape index (κ1) is 16.4. The zero-order valence-corrected chi connectivity index (χ0v) is 14.2. The number of nitrogens with one attached hydrogen (secondary N) is 1. The van der Waals surface area contributed by atoms with E-state index in [1.54, 1.807) is 0 Å². The number of carbonyl (C=O) groups is 1. The molecule has 1 aromatic heterocycles. The fraction of sp³-hybridized carbons (Fsp3) is 0.812. The Labute approximate surface area is 137 Å². The number of hydrogen-bond acceptors (Lipinski definition) is 5. The van der Waals surface area contributed by atoms with E-state index in [2.05, 4.69) is 22.6 Å². The molecule has 1 aromatic rings. The summed E-state index contributed by atoms with van der Waals surface area (Å²) < 4.78 is 1.94. The predicted octanol–water partition coefficient (Wildman–Crippen LogP) is 0.710. The smallest absolute Gasteiger partial charge is 0.276 e. The molecule has 3 heterocycles. The Balaban J connectivity index is 1.80. The summed E-state index contributed by atoms with van der Waals surface area (Å²) in [5, 5.41) is 11.9. The summed E-state index contributed by atoms with van der Waals surface area (Å²) in [6.45, 7) is 7.40. The summed E-state index contributed by atoms with van der Waals surface area (Å²) in [5.74, 6) is 0.433. The topological polar surface area (TPSA) is 89.1 Å². The van der Waals surface area contributed by atoms with Crippen LogP contribution in [0.2, 0.25) is 0 Å². The Morgan fingerprint density at radius 3 is 2.78 bits per heavy atom.